The van der Waals surface area contributed by atoms with Gasteiger partial charge in [-0.25, -0.2) is 0 Å². The zero-order valence-corrected chi connectivity index (χ0v) is 16.2. The van der Waals surface area contributed by atoms with Gasteiger partial charge in [0.1, 0.15) is 0 Å². The summed E-state index contributed by atoms with van der Waals surface area (Å²) < 4.78 is 1.43. The number of nitrogens with zero attached hydrogens (tertiary/aromatic N) is 1. The molecule has 0 N–H and O–H groups in total. The van der Waals surface area contributed by atoms with Gasteiger partial charge in [0, 0.05) is 14.5 Å². The Balaban J connectivity index is 1.94. The summed E-state index contributed by atoms with van der Waals surface area (Å²) in [7, 11) is 0. The molecule has 3 rings (SSSR count). The zero-order valence-electron chi connectivity index (χ0n) is 11.4. The lowest BCUT2D eigenvalue weighted by Gasteiger charge is -2.14. The number of thioether (sulfide) groups is 1. The van der Waals surface area contributed by atoms with Crippen molar-refractivity contribution in [3.63, 3.8) is 0 Å². The van der Waals surface area contributed by atoms with Crippen LogP contribution in [0.4, 0.5) is 5.69 Å². The van der Waals surface area contributed by atoms with Gasteiger partial charge < -0.3 is 0 Å². The van der Waals surface area contributed by atoms with E-state index in [1.807, 2.05) is 24.3 Å². The molecule has 0 unspecified atom stereocenters. The number of carbonyl (C=O) groups is 1. The smallest absolute Gasteiger partial charge is 0.268 e. The van der Waals surface area contributed by atoms with Gasteiger partial charge in [0.2, 0.25) is 0 Å². The molecule has 0 saturated carbocycles. The molecule has 7 heteroatoms. The largest absolute Gasteiger partial charge is 0.270 e. The molecule has 0 bridgehead atoms. The number of halogens is 3. The summed E-state index contributed by atoms with van der Waals surface area (Å²) in [5, 5.41) is 1.04. The first-order chi connectivity index (χ1) is 11.0. The number of hydrogen-bond acceptors (Lipinski definition) is 3. The molecule has 2 aromatic carbocycles. The van der Waals surface area contributed by atoms with Crippen molar-refractivity contribution in [2.24, 2.45) is 0 Å². The van der Waals surface area contributed by atoms with Crippen LogP contribution in [0.5, 0.6) is 0 Å². The van der Waals surface area contributed by atoms with Gasteiger partial charge in [-0.05, 0) is 48.0 Å². The van der Waals surface area contributed by atoms with E-state index in [1.54, 1.807) is 24.3 Å². The molecule has 0 spiro atoms. The van der Waals surface area contributed by atoms with Crippen molar-refractivity contribution in [2.75, 3.05) is 4.90 Å². The van der Waals surface area contributed by atoms with Crippen LogP contribution in [0.3, 0.4) is 0 Å². The Morgan fingerprint density at radius 3 is 2.48 bits per heavy atom. The minimum Gasteiger partial charge on any atom is -0.268 e. The second-order valence-electron chi connectivity index (χ2n) is 4.66. The Morgan fingerprint density at radius 2 is 1.83 bits per heavy atom. The highest BCUT2D eigenvalue weighted by Crippen LogP contribution is 2.37. The average molecular weight is 445 g/mol. The molecule has 1 heterocycles. The molecule has 23 heavy (non-hydrogen) atoms. The van der Waals surface area contributed by atoms with Gasteiger partial charge in [0.25, 0.3) is 5.91 Å². The van der Waals surface area contributed by atoms with Crippen LogP contribution in [0.25, 0.3) is 6.08 Å². The third kappa shape index (κ3) is 3.64. The monoisotopic (exact) mass is 443 g/mol. The molecule has 1 aliphatic heterocycles. The standard InChI is InChI=1S/C16H8BrCl2NOS2/c17-10-2-5-12(6-3-10)20-15(21)14(23-16(20)22)7-9-1-4-11(18)8-13(9)19/h1-8H/b14-7+. The van der Waals surface area contributed by atoms with Crippen LogP contribution >= 0.6 is 63.1 Å². The maximum Gasteiger partial charge on any atom is 0.270 e. The summed E-state index contributed by atoms with van der Waals surface area (Å²) in [6.45, 7) is 0. The van der Waals surface area contributed by atoms with Crippen LogP contribution in [0.2, 0.25) is 10.0 Å². The molecule has 116 valence electrons. The van der Waals surface area contributed by atoms with Gasteiger partial charge in [0.05, 0.1) is 10.6 Å². The van der Waals surface area contributed by atoms with Crippen LogP contribution in [-0.2, 0) is 4.79 Å². The first-order valence-corrected chi connectivity index (χ1v) is 9.21. The first-order valence-electron chi connectivity index (χ1n) is 6.44. The molecular weight excluding hydrogens is 437 g/mol. The van der Waals surface area contributed by atoms with Crippen molar-refractivity contribution < 1.29 is 4.79 Å². The Labute approximate surface area is 161 Å². The Hall–Kier alpha value is -0.850. The maximum atomic E-state index is 12.7. The predicted octanol–water partition coefficient (Wildman–Crippen LogP) is 6.16. The van der Waals surface area contributed by atoms with E-state index in [0.29, 0.717) is 19.3 Å². The number of anilines is 1. The molecule has 2 nitrogen and oxygen atoms in total. The first kappa shape index (κ1) is 17.0. The fourth-order valence-electron chi connectivity index (χ4n) is 2.04. The van der Waals surface area contributed by atoms with E-state index >= 15 is 0 Å². The normalized spacial score (nSPS) is 16.5. The molecule has 1 saturated heterocycles. The van der Waals surface area contributed by atoms with Gasteiger partial charge in [-0.3, -0.25) is 9.69 Å². The molecular formula is C16H8BrCl2NOS2. The molecule has 0 aliphatic carbocycles. The fourth-order valence-corrected chi connectivity index (χ4v) is 4.06. The molecule has 1 amide bonds. The number of benzene rings is 2. The van der Waals surface area contributed by atoms with E-state index in [2.05, 4.69) is 15.9 Å². The summed E-state index contributed by atoms with van der Waals surface area (Å²) in [4.78, 5) is 14.7. The van der Waals surface area contributed by atoms with Crippen molar-refractivity contribution in [1.29, 1.82) is 0 Å². The predicted molar refractivity (Wildman–Crippen MR) is 106 cm³/mol. The Kier molecular flexibility index (Phi) is 5.13. The van der Waals surface area contributed by atoms with Crippen molar-refractivity contribution in [3.8, 4) is 0 Å². The molecule has 0 atom stereocenters. The van der Waals surface area contributed by atoms with E-state index in [9.17, 15) is 4.79 Å². The summed E-state index contributed by atoms with van der Waals surface area (Å²) >= 11 is 22.0. The van der Waals surface area contributed by atoms with E-state index < -0.39 is 0 Å². The number of thiocarbonyl (C=S) groups is 1. The molecule has 0 aromatic heterocycles. The van der Waals surface area contributed by atoms with Crippen LogP contribution in [0, 0.1) is 0 Å². The molecule has 2 aromatic rings. The Morgan fingerprint density at radius 1 is 1.13 bits per heavy atom. The molecule has 1 fully saturated rings. The van der Waals surface area contributed by atoms with Gasteiger partial charge in [0.15, 0.2) is 4.32 Å². The summed E-state index contributed by atoms with van der Waals surface area (Å²) in [5.41, 5.74) is 1.47. The van der Waals surface area contributed by atoms with E-state index in [4.69, 9.17) is 35.4 Å². The Bertz CT molecular complexity index is 836. The average Bonchev–Trinajstić information content (AvgIpc) is 2.78. The quantitative estimate of drug-likeness (QED) is 0.408. The van der Waals surface area contributed by atoms with E-state index in [-0.39, 0.29) is 5.91 Å². The fraction of sp³-hybridized carbons (Fsp3) is 0. The van der Waals surface area contributed by atoms with Crippen molar-refractivity contribution in [3.05, 3.63) is 67.5 Å². The summed E-state index contributed by atoms with van der Waals surface area (Å²) in [6, 6.07) is 12.6. The third-order valence-electron chi connectivity index (χ3n) is 3.13. The SMILES string of the molecule is O=C1/C(=C\c2ccc(Cl)cc2Cl)SC(=S)N1c1ccc(Br)cc1. The van der Waals surface area contributed by atoms with Gasteiger partial charge in [-0.2, -0.15) is 0 Å². The minimum absolute atomic E-state index is 0.159. The molecule has 0 radical (unpaired) electrons. The van der Waals surface area contributed by atoms with Crippen molar-refractivity contribution >= 4 is 85.1 Å². The van der Waals surface area contributed by atoms with E-state index in [0.717, 1.165) is 15.7 Å². The number of rotatable bonds is 2. The van der Waals surface area contributed by atoms with Gasteiger partial charge >= 0.3 is 0 Å². The lowest BCUT2D eigenvalue weighted by Crippen LogP contribution is -2.27. The van der Waals surface area contributed by atoms with Crippen LogP contribution in [-0.4, -0.2) is 10.2 Å². The second kappa shape index (κ2) is 6.95. The van der Waals surface area contributed by atoms with Crippen LogP contribution < -0.4 is 4.90 Å². The summed E-state index contributed by atoms with van der Waals surface area (Å²) in [6.07, 6.45) is 1.73. The van der Waals surface area contributed by atoms with Gasteiger partial charge in [-0.15, -0.1) is 0 Å². The van der Waals surface area contributed by atoms with Crippen molar-refractivity contribution in [2.45, 2.75) is 0 Å². The van der Waals surface area contributed by atoms with Crippen molar-refractivity contribution in [1.82, 2.24) is 0 Å². The highest BCUT2D eigenvalue weighted by Gasteiger charge is 2.33. The zero-order chi connectivity index (χ0) is 16.6. The number of hydrogen-bond donors (Lipinski definition) is 0. The molecule has 1 aliphatic rings. The summed E-state index contributed by atoms with van der Waals surface area (Å²) in [5.74, 6) is -0.159. The topological polar surface area (TPSA) is 20.3 Å². The highest BCUT2D eigenvalue weighted by molar-refractivity contribution is 9.10. The minimum atomic E-state index is -0.159. The van der Waals surface area contributed by atoms with Crippen LogP contribution in [0.15, 0.2) is 51.8 Å². The van der Waals surface area contributed by atoms with Gasteiger partial charge in [-0.1, -0.05) is 69.2 Å². The van der Waals surface area contributed by atoms with E-state index in [1.165, 1.54) is 16.7 Å². The number of carbonyl (C=O) groups excluding carboxylic acids is 1. The maximum absolute atomic E-state index is 12.7. The van der Waals surface area contributed by atoms with Crippen LogP contribution in [0.1, 0.15) is 5.56 Å². The lowest BCUT2D eigenvalue weighted by molar-refractivity contribution is -0.113. The third-order valence-corrected chi connectivity index (χ3v) is 5.52. The number of amides is 1. The second-order valence-corrected chi connectivity index (χ2v) is 8.09. The lowest BCUT2D eigenvalue weighted by atomic mass is 10.2. The highest BCUT2D eigenvalue weighted by atomic mass is 79.9.